The van der Waals surface area contributed by atoms with Gasteiger partial charge in [-0.05, 0) is 60.2 Å². The highest BCUT2D eigenvalue weighted by Gasteiger charge is 2.43. The first kappa shape index (κ1) is 20.3. The Balaban J connectivity index is 1.63. The van der Waals surface area contributed by atoms with Gasteiger partial charge in [-0.2, -0.15) is 5.10 Å². The minimum absolute atomic E-state index is 0.0646. The molecule has 2 unspecified atom stereocenters. The topological polar surface area (TPSA) is 54.3 Å². The number of benzene rings is 3. The summed E-state index contributed by atoms with van der Waals surface area (Å²) in [6.45, 7) is 0. The van der Waals surface area contributed by atoms with Gasteiger partial charge in [0.2, 0.25) is 6.23 Å². The number of phenols is 1. The molecule has 3 aromatic carbocycles. The number of hydrazone groups is 1. The van der Waals surface area contributed by atoms with Gasteiger partial charge < -0.3 is 14.6 Å². The van der Waals surface area contributed by atoms with Crippen molar-refractivity contribution < 1.29 is 14.6 Å². The van der Waals surface area contributed by atoms with Gasteiger partial charge in [-0.25, -0.2) is 5.01 Å². The molecule has 0 saturated carbocycles. The van der Waals surface area contributed by atoms with Gasteiger partial charge >= 0.3 is 0 Å². The van der Waals surface area contributed by atoms with Crippen LogP contribution in [0.1, 0.15) is 35.4 Å². The van der Waals surface area contributed by atoms with Crippen molar-refractivity contribution in [3.8, 4) is 17.2 Å². The van der Waals surface area contributed by atoms with Crippen LogP contribution in [-0.4, -0.2) is 22.9 Å². The second kappa shape index (κ2) is 7.83. The quantitative estimate of drug-likeness (QED) is 0.463. The van der Waals surface area contributed by atoms with E-state index in [1.165, 1.54) is 0 Å². The van der Waals surface area contributed by atoms with Crippen molar-refractivity contribution >= 4 is 40.5 Å². The van der Waals surface area contributed by atoms with Crippen molar-refractivity contribution in [1.82, 2.24) is 5.01 Å². The number of methoxy groups -OCH3 is 1. The van der Waals surface area contributed by atoms with Crippen LogP contribution in [0.4, 0.5) is 0 Å². The minimum atomic E-state index is -0.703. The molecule has 2 heterocycles. The van der Waals surface area contributed by atoms with E-state index in [1.807, 2.05) is 35.3 Å². The first-order valence-corrected chi connectivity index (χ1v) is 10.7. The molecule has 2 atom stereocenters. The van der Waals surface area contributed by atoms with Crippen LogP contribution in [0.2, 0.25) is 15.1 Å². The molecule has 0 aliphatic carbocycles. The molecule has 0 aromatic heterocycles. The minimum Gasteiger partial charge on any atom is -0.507 e. The SMILES string of the molecule is COc1ccc(C2=NN3C(C2)c2cc(Cl)cc(Cl)c2OC3c2cc(Cl)ccc2O)cc1. The molecule has 2 aliphatic heterocycles. The molecule has 5 nitrogen and oxygen atoms in total. The monoisotopic (exact) mass is 474 g/mol. The van der Waals surface area contributed by atoms with Gasteiger partial charge in [0.15, 0.2) is 0 Å². The van der Waals surface area contributed by atoms with E-state index in [0.717, 1.165) is 22.6 Å². The molecule has 0 amide bonds. The summed E-state index contributed by atoms with van der Waals surface area (Å²) in [5.41, 5.74) is 3.21. The van der Waals surface area contributed by atoms with Crippen LogP contribution in [0.15, 0.2) is 59.7 Å². The molecule has 0 spiro atoms. The van der Waals surface area contributed by atoms with E-state index < -0.39 is 6.23 Å². The van der Waals surface area contributed by atoms with Gasteiger partial charge in [-0.15, -0.1) is 0 Å². The summed E-state index contributed by atoms with van der Waals surface area (Å²) < 4.78 is 11.5. The fourth-order valence-electron chi connectivity index (χ4n) is 4.00. The predicted molar refractivity (Wildman–Crippen MR) is 122 cm³/mol. The fourth-order valence-corrected chi connectivity index (χ4v) is 4.74. The van der Waals surface area contributed by atoms with Crippen molar-refractivity contribution in [2.24, 2.45) is 5.10 Å². The Bertz CT molecular complexity index is 1200. The lowest BCUT2D eigenvalue weighted by Crippen LogP contribution is -2.34. The van der Waals surface area contributed by atoms with Crippen molar-refractivity contribution in [2.75, 3.05) is 7.11 Å². The maximum atomic E-state index is 10.5. The van der Waals surface area contributed by atoms with Gasteiger partial charge in [0, 0.05) is 22.0 Å². The lowest BCUT2D eigenvalue weighted by molar-refractivity contribution is -0.0202. The number of halogens is 3. The Hall–Kier alpha value is -2.60. The summed E-state index contributed by atoms with van der Waals surface area (Å²) in [5.74, 6) is 1.37. The number of fused-ring (bicyclic) bond motifs is 3. The molecule has 0 saturated heterocycles. The van der Waals surface area contributed by atoms with Crippen LogP contribution in [0.25, 0.3) is 0 Å². The van der Waals surface area contributed by atoms with Crippen molar-refractivity contribution in [3.63, 3.8) is 0 Å². The number of aromatic hydroxyl groups is 1. The number of nitrogens with zero attached hydrogens (tertiary/aromatic N) is 2. The third-order valence-electron chi connectivity index (χ3n) is 5.49. The standard InChI is InChI=1S/C23H17Cl3N2O3/c1-30-15-5-2-12(3-6-15)19-11-20-16-9-14(25)10-18(26)22(16)31-23(28(20)27-19)17-8-13(24)4-7-21(17)29/h2-10,20,23,29H,11H2,1H3. The average molecular weight is 476 g/mol. The van der Waals surface area contributed by atoms with E-state index in [9.17, 15) is 5.11 Å². The summed E-state index contributed by atoms with van der Waals surface area (Å²) in [6.07, 6.45) is -0.0809. The maximum Gasteiger partial charge on any atom is 0.217 e. The molecular formula is C23H17Cl3N2O3. The average Bonchev–Trinajstić information content (AvgIpc) is 3.21. The number of hydrogen-bond donors (Lipinski definition) is 1. The summed E-state index contributed by atoms with van der Waals surface area (Å²) in [5, 5.41) is 18.6. The normalized spacial score (nSPS) is 19.4. The van der Waals surface area contributed by atoms with E-state index in [0.29, 0.717) is 32.8 Å². The van der Waals surface area contributed by atoms with Crippen molar-refractivity contribution in [1.29, 1.82) is 0 Å². The van der Waals surface area contributed by atoms with Crippen LogP contribution >= 0.6 is 34.8 Å². The van der Waals surface area contributed by atoms with Crippen LogP contribution in [-0.2, 0) is 0 Å². The zero-order valence-corrected chi connectivity index (χ0v) is 18.6. The smallest absolute Gasteiger partial charge is 0.217 e. The molecule has 31 heavy (non-hydrogen) atoms. The molecule has 0 bridgehead atoms. The number of ether oxygens (including phenoxy) is 2. The Labute approximate surface area is 194 Å². The molecule has 0 fully saturated rings. The van der Waals surface area contributed by atoms with Crippen molar-refractivity contribution in [2.45, 2.75) is 18.7 Å². The summed E-state index contributed by atoms with van der Waals surface area (Å²) in [4.78, 5) is 0. The second-order valence-electron chi connectivity index (χ2n) is 7.35. The van der Waals surface area contributed by atoms with Crippen molar-refractivity contribution in [3.05, 3.63) is 86.4 Å². The van der Waals surface area contributed by atoms with Gasteiger partial charge in [0.1, 0.15) is 17.2 Å². The van der Waals surface area contributed by atoms with E-state index in [1.54, 1.807) is 31.4 Å². The third-order valence-corrected chi connectivity index (χ3v) is 6.22. The van der Waals surface area contributed by atoms with Crippen LogP contribution in [0.5, 0.6) is 17.2 Å². The molecule has 3 aromatic rings. The molecule has 158 valence electrons. The maximum absolute atomic E-state index is 10.5. The highest BCUT2D eigenvalue weighted by molar-refractivity contribution is 6.35. The molecular weight excluding hydrogens is 459 g/mol. The van der Waals surface area contributed by atoms with Gasteiger partial charge in [0.25, 0.3) is 0 Å². The number of rotatable bonds is 3. The lowest BCUT2D eigenvalue weighted by Gasteiger charge is -2.38. The largest absolute Gasteiger partial charge is 0.507 e. The van der Waals surface area contributed by atoms with E-state index in [4.69, 9.17) is 49.4 Å². The zero-order valence-electron chi connectivity index (χ0n) is 16.3. The van der Waals surface area contributed by atoms with Gasteiger partial charge in [0.05, 0.1) is 29.4 Å². The molecule has 1 N–H and O–H groups in total. The molecule has 2 aliphatic rings. The van der Waals surface area contributed by atoms with E-state index in [2.05, 4.69) is 0 Å². The van der Waals surface area contributed by atoms with E-state index >= 15 is 0 Å². The van der Waals surface area contributed by atoms with Gasteiger partial charge in [-0.1, -0.05) is 34.8 Å². The number of phenolic OH excluding ortho intramolecular Hbond substituents is 1. The third kappa shape index (κ3) is 3.57. The Kier molecular flexibility index (Phi) is 5.13. The van der Waals surface area contributed by atoms with Crippen LogP contribution in [0.3, 0.4) is 0 Å². The Morgan fingerprint density at radius 1 is 1.00 bits per heavy atom. The summed E-state index contributed by atoms with van der Waals surface area (Å²) in [7, 11) is 1.63. The highest BCUT2D eigenvalue weighted by atomic mass is 35.5. The Morgan fingerprint density at radius 2 is 1.74 bits per heavy atom. The highest BCUT2D eigenvalue weighted by Crippen LogP contribution is 2.52. The molecule has 5 rings (SSSR count). The predicted octanol–water partition coefficient (Wildman–Crippen LogP) is 6.60. The van der Waals surface area contributed by atoms with Gasteiger partial charge in [-0.3, -0.25) is 0 Å². The van der Waals surface area contributed by atoms with Crippen LogP contribution in [0, 0.1) is 0 Å². The summed E-state index contributed by atoms with van der Waals surface area (Å²) in [6, 6.07) is 15.9. The Morgan fingerprint density at radius 3 is 2.48 bits per heavy atom. The van der Waals surface area contributed by atoms with Crippen LogP contribution < -0.4 is 9.47 Å². The second-order valence-corrected chi connectivity index (χ2v) is 8.63. The zero-order chi connectivity index (χ0) is 21.7. The molecule has 8 heteroatoms. The first-order valence-electron chi connectivity index (χ1n) is 9.59. The first-order chi connectivity index (χ1) is 14.9. The number of hydrogen-bond acceptors (Lipinski definition) is 5. The van der Waals surface area contributed by atoms with E-state index in [-0.39, 0.29) is 11.8 Å². The lowest BCUT2D eigenvalue weighted by atomic mass is 9.95. The molecule has 0 radical (unpaired) electrons. The summed E-state index contributed by atoms with van der Waals surface area (Å²) >= 11 is 19.0. The fraction of sp³-hybridized carbons (Fsp3) is 0.174.